The fraction of sp³-hybridized carbons (Fsp3) is 0.545. The van der Waals surface area contributed by atoms with Crippen molar-refractivity contribution in [2.24, 2.45) is 0 Å². The van der Waals surface area contributed by atoms with Crippen LogP contribution in [-0.2, 0) is 16.3 Å². The Balaban J connectivity index is 1.32. The molecule has 4 rings (SSSR count). The molecule has 0 radical (unpaired) electrons. The molecule has 2 saturated heterocycles. The van der Waals surface area contributed by atoms with E-state index >= 15 is 0 Å². The monoisotopic (exact) mass is 445 g/mol. The number of aromatic nitrogens is 2. The molecule has 2 aliphatic rings. The van der Waals surface area contributed by atoms with Crippen LogP contribution in [0.5, 0.6) is 0 Å². The highest BCUT2D eigenvalue weighted by molar-refractivity contribution is 7.91. The predicted octanol–water partition coefficient (Wildman–Crippen LogP) is 1.93. The molecular formula is C22H31N5O3S. The topological polar surface area (TPSA) is 87.5 Å². The first-order valence-corrected chi connectivity index (χ1v) is 12.7. The molecule has 0 bridgehead atoms. The van der Waals surface area contributed by atoms with Crippen LogP contribution in [0.3, 0.4) is 0 Å². The van der Waals surface area contributed by atoms with Gasteiger partial charge in [-0.15, -0.1) is 0 Å². The van der Waals surface area contributed by atoms with E-state index in [4.69, 9.17) is 0 Å². The third kappa shape index (κ3) is 4.87. The van der Waals surface area contributed by atoms with Gasteiger partial charge in [0, 0.05) is 32.7 Å². The summed E-state index contributed by atoms with van der Waals surface area (Å²) in [4.78, 5) is 16.7. The van der Waals surface area contributed by atoms with Crippen molar-refractivity contribution in [1.29, 1.82) is 0 Å². The molecule has 1 atom stereocenters. The molecule has 2 aliphatic heterocycles. The third-order valence-corrected chi connectivity index (χ3v) is 8.01. The highest BCUT2D eigenvalue weighted by atomic mass is 32.2. The SMILES string of the molecule is Cc1nn(C2CCS(=O)(=O)C2)c(C)c1N1CCN(C(=O)NCCc2ccccc2)CC1. The maximum Gasteiger partial charge on any atom is 0.317 e. The number of carbonyl (C=O) groups excluding carboxylic acids is 1. The van der Waals surface area contributed by atoms with Crippen molar-refractivity contribution in [3.05, 3.63) is 47.3 Å². The van der Waals surface area contributed by atoms with Crippen LogP contribution in [0, 0.1) is 13.8 Å². The summed E-state index contributed by atoms with van der Waals surface area (Å²) in [5.41, 5.74) is 4.22. The Morgan fingerprint density at radius 2 is 1.84 bits per heavy atom. The van der Waals surface area contributed by atoms with Crippen molar-refractivity contribution in [3.63, 3.8) is 0 Å². The number of benzene rings is 1. The van der Waals surface area contributed by atoms with Gasteiger partial charge in [0.2, 0.25) is 0 Å². The molecular weight excluding hydrogens is 414 g/mol. The Morgan fingerprint density at radius 3 is 2.48 bits per heavy atom. The van der Waals surface area contributed by atoms with Gasteiger partial charge < -0.3 is 15.1 Å². The lowest BCUT2D eigenvalue weighted by Gasteiger charge is -2.36. The summed E-state index contributed by atoms with van der Waals surface area (Å²) >= 11 is 0. The number of nitrogens with one attached hydrogen (secondary N) is 1. The molecule has 2 fully saturated rings. The van der Waals surface area contributed by atoms with Crippen LogP contribution in [-0.4, -0.2) is 73.4 Å². The summed E-state index contributed by atoms with van der Waals surface area (Å²) in [6.07, 6.45) is 1.45. The van der Waals surface area contributed by atoms with Gasteiger partial charge in [-0.2, -0.15) is 5.10 Å². The van der Waals surface area contributed by atoms with E-state index in [9.17, 15) is 13.2 Å². The number of nitrogens with zero attached hydrogens (tertiary/aromatic N) is 4. The van der Waals surface area contributed by atoms with E-state index < -0.39 is 9.84 Å². The second kappa shape index (κ2) is 8.90. The molecule has 1 aromatic heterocycles. The molecule has 0 aliphatic carbocycles. The zero-order valence-corrected chi connectivity index (χ0v) is 19.1. The molecule has 0 spiro atoms. The first kappa shape index (κ1) is 21.7. The van der Waals surface area contributed by atoms with E-state index in [0.717, 1.165) is 36.6 Å². The second-order valence-corrected chi connectivity index (χ2v) is 10.7. The number of anilines is 1. The van der Waals surface area contributed by atoms with E-state index in [1.165, 1.54) is 5.56 Å². The predicted molar refractivity (Wildman–Crippen MR) is 121 cm³/mol. The van der Waals surface area contributed by atoms with Crippen LogP contribution in [0.2, 0.25) is 0 Å². The van der Waals surface area contributed by atoms with Crippen molar-refractivity contribution >= 4 is 21.6 Å². The highest BCUT2D eigenvalue weighted by Crippen LogP contribution is 2.31. The summed E-state index contributed by atoms with van der Waals surface area (Å²) in [5, 5.41) is 7.70. The van der Waals surface area contributed by atoms with Crippen molar-refractivity contribution in [2.45, 2.75) is 32.7 Å². The molecule has 31 heavy (non-hydrogen) atoms. The molecule has 1 N–H and O–H groups in total. The molecule has 1 aromatic carbocycles. The molecule has 8 nitrogen and oxygen atoms in total. The Kier molecular flexibility index (Phi) is 6.22. The zero-order valence-electron chi connectivity index (χ0n) is 18.2. The van der Waals surface area contributed by atoms with Crippen molar-refractivity contribution < 1.29 is 13.2 Å². The molecule has 9 heteroatoms. The molecule has 3 heterocycles. The average Bonchev–Trinajstić information content (AvgIpc) is 3.26. The summed E-state index contributed by atoms with van der Waals surface area (Å²) < 4.78 is 25.7. The van der Waals surface area contributed by atoms with Gasteiger partial charge in [-0.1, -0.05) is 30.3 Å². The van der Waals surface area contributed by atoms with Gasteiger partial charge in [-0.05, 0) is 32.3 Å². The number of hydrogen-bond acceptors (Lipinski definition) is 5. The number of carbonyl (C=O) groups is 1. The summed E-state index contributed by atoms with van der Waals surface area (Å²) in [6, 6.07) is 10.0. The normalized spacial score (nSPS) is 20.8. The fourth-order valence-electron chi connectivity index (χ4n) is 4.64. The highest BCUT2D eigenvalue weighted by Gasteiger charge is 2.33. The first-order valence-electron chi connectivity index (χ1n) is 10.9. The maximum absolute atomic E-state index is 12.5. The molecule has 2 aromatic rings. The Bertz CT molecular complexity index is 1030. The van der Waals surface area contributed by atoms with Crippen LogP contribution in [0.15, 0.2) is 30.3 Å². The van der Waals surface area contributed by atoms with Gasteiger partial charge >= 0.3 is 6.03 Å². The Morgan fingerprint density at radius 1 is 1.13 bits per heavy atom. The van der Waals surface area contributed by atoms with Gasteiger partial charge in [0.15, 0.2) is 9.84 Å². The minimum absolute atomic E-state index is 0.0177. The molecule has 1 unspecified atom stereocenters. The number of urea groups is 1. The van der Waals surface area contributed by atoms with E-state index in [1.807, 2.05) is 41.6 Å². The van der Waals surface area contributed by atoms with Crippen molar-refractivity contribution in [3.8, 4) is 0 Å². The summed E-state index contributed by atoms with van der Waals surface area (Å²) in [6.45, 7) is 7.40. The van der Waals surface area contributed by atoms with E-state index in [-0.39, 0.29) is 23.6 Å². The second-order valence-electron chi connectivity index (χ2n) is 8.46. The molecule has 2 amide bonds. The standard InChI is InChI=1S/C22H31N5O3S/c1-17-21(18(2)27(24-17)20-9-15-31(29,30)16-20)25-11-13-26(14-12-25)22(28)23-10-8-19-6-4-3-5-7-19/h3-7,20H,8-16H2,1-2H3,(H,23,28). The summed E-state index contributed by atoms with van der Waals surface area (Å²) in [5.74, 6) is 0.411. The Labute approximate surface area is 184 Å². The molecule has 0 saturated carbocycles. The van der Waals surface area contributed by atoms with Gasteiger partial charge in [0.05, 0.1) is 34.6 Å². The summed E-state index contributed by atoms with van der Waals surface area (Å²) in [7, 11) is -2.96. The van der Waals surface area contributed by atoms with E-state index in [2.05, 4.69) is 27.4 Å². The van der Waals surface area contributed by atoms with E-state index in [0.29, 0.717) is 26.1 Å². The minimum Gasteiger partial charge on any atom is -0.365 e. The van der Waals surface area contributed by atoms with Crippen LogP contribution in [0.4, 0.5) is 10.5 Å². The largest absolute Gasteiger partial charge is 0.365 e. The van der Waals surface area contributed by atoms with Gasteiger partial charge in [0.1, 0.15) is 0 Å². The number of piperazine rings is 1. The van der Waals surface area contributed by atoms with E-state index in [1.54, 1.807) is 0 Å². The van der Waals surface area contributed by atoms with Gasteiger partial charge in [-0.25, -0.2) is 13.2 Å². The van der Waals surface area contributed by atoms with Crippen LogP contribution in [0.25, 0.3) is 0 Å². The third-order valence-electron chi connectivity index (χ3n) is 6.26. The quantitative estimate of drug-likeness (QED) is 0.760. The fourth-order valence-corrected chi connectivity index (χ4v) is 6.33. The lowest BCUT2D eigenvalue weighted by Crippen LogP contribution is -2.52. The molecule has 168 valence electrons. The van der Waals surface area contributed by atoms with Gasteiger partial charge in [0.25, 0.3) is 0 Å². The Hall–Kier alpha value is -2.55. The van der Waals surface area contributed by atoms with Gasteiger partial charge in [-0.3, -0.25) is 4.68 Å². The number of rotatable bonds is 5. The maximum atomic E-state index is 12.5. The first-order chi connectivity index (χ1) is 14.8. The van der Waals surface area contributed by atoms with Crippen LogP contribution >= 0.6 is 0 Å². The number of amides is 2. The lowest BCUT2D eigenvalue weighted by molar-refractivity contribution is 0.194. The lowest BCUT2D eigenvalue weighted by atomic mass is 10.1. The minimum atomic E-state index is -2.96. The number of hydrogen-bond donors (Lipinski definition) is 1. The number of sulfone groups is 1. The van der Waals surface area contributed by atoms with Crippen LogP contribution < -0.4 is 10.2 Å². The number of aryl methyl sites for hydroxylation is 1. The average molecular weight is 446 g/mol. The van der Waals surface area contributed by atoms with Crippen molar-refractivity contribution in [1.82, 2.24) is 20.0 Å². The zero-order chi connectivity index (χ0) is 22.0. The van der Waals surface area contributed by atoms with Crippen molar-refractivity contribution in [2.75, 3.05) is 49.1 Å². The van der Waals surface area contributed by atoms with Crippen LogP contribution in [0.1, 0.15) is 29.4 Å². The smallest absolute Gasteiger partial charge is 0.317 e.